The van der Waals surface area contributed by atoms with Crippen LogP contribution in [0.2, 0.25) is 0 Å². The molecule has 0 fully saturated rings. The maximum Gasteiger partial charge on any atom is 0.221 e. The maximum atomic E-state index is 11.1. The van der Waals surface area contributed by atoms with E-state index in [1.807, 2.05) is 18.2 Å². The fraction of sp³-hybridized carbons (Fsp3) is 0.588. The van der Waals surface area contributed by atoms with E-state index in [1.165, 1.54) is 12.5 Å². The van der Waals surface area contributed by atoms with Gasteiger partial charge in [-0.1, -0.05) is 26.0 Å². The molecule has 21 heavy (non-hydrogen) atoms. The van der Waals surface area contributed by atoms with Gasteiger partial charge in [0.1, 0.15) is 0 Å². The smallest absolute Gasteiger partial charge is 0.221 e. The first-order chi connectivity index (χ1) is 9.96. The normalized spacial score (nSPS) is 14.0. The second-order valence-corrected chi connectivity index (χ2v) is 5.58. The molecule has 0 aromatic heterocycles. The standard InChI is InChI=1S/C17H29N3O/c1-6-20(7-2)12-13(3)18-14(4)16-9-8-10-17(11-16)19-15(5)21/h8-11,13-14,18H,6-7,12H2,1-5H3,(H,19,21). The summed E-state index contributed by atoms with van der Waals surface area (Å²) >= 11 is 0. The lowest BCUT2D eigenvalue weighted by atomic mass is 10.1. The summed E-state index contributed by atoms with van der Waals surface area (Å²) in [6.07, 6.45) is 0. The van der Waals surface area contributed by atoms with Crippen molar-refractivity contribution >= 4 is 11.6 Å². The minimum Gasteiger partial charge on any atom is -0.326 e. The van der Waals surface area contributed by atoms with Crippen LogP contribution in [0.3, 0.4) is 0 Å². The largest absolute Gasteiger partial charge is 0.326 e. The highest BCUT2D eigenvalue weighted by atomic mass is 16.1. The van der Waals surface area contributed by atoms with Gasteiger partial charge in [0.25, 0.3) is 0 Å². The summed E-state index contributed by atoms with van der Waals surface area (Å²) in [4.78, 5) is 13.5. The lowest BCUT2D eigenvalue weighted by Gasteiger charge is -2.26. The molecular weight excluding hydrogens is 262 g/mol. The van der Waals surface area contributed by atoms with E-state index >= 15 is 0 Å². The molecule has 2 N–H and O–H groups in total. The fourth-order valence-electron chi connectivity index (χ4n) is 2.53. The van der Waals surface area contributed by atoms with Gasteiger partial charge in [0.2, 0.25) is 5.91 Å². The van der Waals surface area contributed by atoms with E-state index in [4.69, 9.17) is 0 Å². The number of carbonyl (C=O) groups is 1. The van der Waals surface area contributed by atoms with Gasteiger partial charge in [-0.15, -0.1) is 0 Å². The zero-order valence-electron chi connectivity index (χ0n) is 13.9. The van der Waals surface area contributed by atoms with Gasteiger partial charge in [-0.3, -0.25) is 4.79 Å². The monoisotopic (exact) mass is 291 g/mol. The third kappa shape index (κ3) is 6.27. The van der Waals surface area contributed by atoms with Crippen molar-refractivity contribution in [1.82, 2.24) is 10.2 Å². The van der Waals surface area contributed by atoms with Crippen molar-refractivity contribution in [2.24, 2.45) is 0 Å². The van der Waals surface area contributed by atoms with Gasteiger partial charge in [0, 0.05) is 31.2 Å². The Labute approximate surface area is 128 Å². The first-order valence-electron chi connectivity index (χ1n) is 7.82. The van der Waals surface area contributed by atoms with Crippen LogP contribution >= 0.6 is 0 Å². The van der Waals surface area contributed by atoms with E-state index in [0.717, 1.165) is 25.3 Å². The van der Waals surface area contributed by atoms with E-state index < -0.39 is 0 Å². The third-order valence-corrected chi connectivity index (χ3v) is 3.67. The molecule has 0 aliphatic heterocycles. The zero-order chi connectivity index (χ0) is 15.8. The van der Waals surface area contributed by atoms with Crippen LogP contribution in [0.4, 0.5) is 5.69 Å². The van der Waals surface area contributed by atoms with Gasteiger partial charge in [-0.05, 0) is 44.6 Å². The number of likely N-dealkylation sites (N-methyl/N-ethyl adjacent to an activating group) is 1. The van der Waals surface area contributed by atoms with Crippen molar-refractivity contribution in [3.05, 3.63) is 29.8 Å². The second-order valence-electron chi connectivity index (χ2n) is 5.58. The van der Waals surface area contributed by atoms with Crippen molar-refractivity contribution in [3.63, 3.8) is 0 Å². The molecule has 2 atom stereocenters. The summed E-state index contributed by atoms with van der Waals surface area (Å²) in [5.41, 5.74) is 2.04. The lowest BCUT2D eigenvalue weighted by Crippen LogP contribution is -2.40. The van der Waals surface area contributed by atoms with Crippen LogP contribution in [0.1, 0.15) is 46.2 Å². The first-order valence-corrected chi connectivity index (χ1v) is 7.82. The van der Waals surface area contributed by atoms with Gasteiger partial charge < -0.3 is 15.5 Å². The Hall–Kier alpha value is -1.39. The Morgan fingerprint density at radius 3 is 2.48 bits per heavy atom. The average Bonchev–Trinajstić information content (AvgIpc) is 2.44. The van der Waals surface area contributed by atoms with Crippen LogP contribution in [0.15, 0.2) is 24.3 Å². The molecule has 1 rings (SSSR count). The number of amides is 1. The molecule has 0 spiro atoms. The van der Waals surface area contributed by atoms with E-state index in [9.17, 15) is 4.79 Å². The van der Waals surface area contributed by atoms with E-state index in [1.54, 1.807) is 0 Å². The van der Waals surface area contributed by atoms with Gasteiger partial charge in [-0.25, -0.2) is 0 Å². The Morgan fingerprint density at radius 2 is 1.90 bits per heavy atom. The van der Waals surface area contributed by atoms with Crippen molar-refractivity contribution in [3.8, 4) is 0 Å². The summed E-state index contributed by atoms with van der Waals surface area (Å²) in [6.45, 7) is 13.5. The molecule has 2 unspecified atom stereocenters. The van der Waals surface area contributed by atoms with Gasteiger partial charge in [-0.2, -0.15) is 0 Å². The SMILES string of the molecule is CCN(CC)CC(C)NC(C)c1cccc(NC(C)=O)c1. The molecule has 0 heterocycles. The Morgan fingerprint density at radius 1 is 1.24 bits per heavy atom. The molecule has 1 amide bonds. The predicted molar refractivity (Wildman–Crippen MR) is 89.5 cm³/mol. The lowest BCUT2D eigenvalue weighted by molar-refractivity contribution is -0.114. The first kappa shape index (κ1) is 17.7. The number of benzene rings is 1. The van der Waals surface area contributed by atoms with Gasteiger partial charge in [0.15, 0.2) is 0 Å². The van der Waals surface area contributed by atoms with Crippen molar-refractivity contribution in [2.75, 3.05) is 25.0 Å². The molecular formula is C17H29N3O. The number of carbonyl (C=O) groups excluding carboxylic acids is 1. The van der Waals surface area contributed by atoms with Crippen LogP contribution in [-0.4, -0.2) is 36.5 Å². The summed E-state index contributed by atoms with van der Waals surface area (Å²) in [6, 6.07) is 8.69. The molecule has 118 valence electrons. The predicted octanol–water partition coefficient (Wildman–Crippen LogP) is 3.03. The summed E-state index contributed by atoms with van der Waals surface area (Å²) in [7, 11) is 0. The number of rotatable bonds is 8. The van der Waals surface area contributed by atoms with Crippen LogP contribution in [0.5, 0.6) is 0 Å². The summed E-state index contributed by atoms with van der Waals surface area (Å²) < 4.78 is 0. The van der Waals surface area contributed by atoms with Gasteiger partial charge in [0.05, 0.1) is 0 Å². The minimum atomic E-state index is -0.0392. The van der Waals surface area contributed by atoms with Crippen LogP contribution < -0.4 is 10.6 Å². The van der Waals surface area contributed by atoms with Crippen LogP contribution in [-0.2, 0) is 4.79 Å². The van der Waals surface area contributed by atoms with E-state index in [2.05, 4.69) is 49.3 Å². The average molecular weight is 291 g/mol. The Balaban J connectivity index is 2.62. The second kappa shape index (κ2) is 8.80. The fourth-order valence-corrected chi connectivity index (χ4v) is 2.53. The maximum absolute atomic E-state index is 11.1. The van der Waals surface area contributed by atoms with Crippen LogP contribution in [0.25, 0.3) is 0 Å². The molecule has 0 saturated heterocycles. The summed E-state index contributed by atoms with van der Waals surface area (Å²) in [5, 5.41) is 6.45. The molecule has 0 aliphatic rings. The number of anilines is 1. The topological polar surface area (TPSA) is 44.4 Å². The number of nitrogens with one attached hydrogen (secondary N) is 2. The van der Waals surface area contributed by atoms with E-state index in [-0.39, 0.29) is 11.9 Å². The number of hydrogen-bond donors (Lipinski definition) is 2. The van der Waals surface area contributed by atoms with Crippen molar-refractivity contribution < 1.29 is 4.79 Å². The molecule has 4 heteroatoms. The molecule has 1 aromatic rings. The molecule has 0 radical (unpaired) electrons. The Bertz CT molecular complexity index is 443. The molecule has 1 aromatic carbocycles. The third-order valence-electron chi connectivity index (χ3n) is 3.67. The zero-order valence-corrected chi connectivity index (χ0v) is 13.9. The van der Waals surface area contributed by atoms with Crippen LogP contribution in [0, 0.1) is 0 Å². The molecule has 0 bridgehead atoms. The highest BCUT2D eigenvalue weighted by molar-refractivity contribution is 5.88. The highest BCUT2D eigenvalue weighted by Gasteiger charge is 2.12. The number of hydrogen-bond acceptors (Lipinski definition) is 3. The molecule has 0 saturated carbocycles. The molecule has 0 aliphatic carbocycles. The number of nitrogens with zero attached hydrogens (tertiary/aromatic N) is 1. The molecule has 4 nitrogen and oxygen atoms in total. The van der Waals surface area contributed by atoms with Crippen molar-refractivity contribution in [1.29, 1.82) is 0 Å². The van der Waals surface area contributed by atoms with Gasteiger partial charge >= 0.3 is 0 Å². The van der Waals surface area contributed by atoms with Crippen molar-refractivity contribution in [2.45, 2.75) is 46.7 Å². The Kier molecular flexibility index (Phi) is 7.40. The minimum absolute atomic E-state index is 0.0392. The highest BCUT2D eigenvalue weighted by Crippen LogP contribution is 2.18. The quantitative estimate of drug-likeness (QED) is 0.774. The summed E-state index contributed by atoms with van der Waals surface area (Å²) in [5.74, 6) is -0.0392. The van der Waals surface area contributed by atoms with E-state index in [0.29, 0.717) is 6.04 Å².